The first-order valence-corrected chi connectivity index (χ1v) is 7.99. The molecule has 0 spiro atoms. The lowest BCUT2D eigenvalue weighted by Gasteiger charge is -2.26. The predicted molar refractivity (Wildman–Crippen MR) is 90.3 cm³/mol. The first-order valence-electron chi connectivity index (χ1n) is 7.23. The molecule has 6 heteroatoms. The van der Waals surface area contributed by atoms with Crippen LogP contribution in [0.2, 0.25) is 10.0 Å². The minimum absolute atomic E-state index is 0.0953. The van der Waals surface area contributed by atoms with Gasteiger partial charge in [-0.1, -0.05) is 36.2 Å². The summed E-state index contributed by atoms with van der Waals surface area (Å²) in [5.41, 5.74) is 0.850. The Bertz CT molecular complexity index is 640. The molecule has 1 aromatic carbocycles. The van der Waals surface area contributed by atoms with E-state index in [1.54, 1.807) is 23.9 Å². The van der Waals surface area contributed by atoms with Gasteiger partial charge in [-0.2, -0.15) is 5.10 Å². The maximum atomic E-state index is 10.6. The van der Waals surface area contributed by atoms with Gasteiger partial charge >= 0.3 is 0 Å². The van der Waals surface area contributed by atoms with Gasteiger partial charge in [-0.05, 0) is 31.0 Å². The Balaban J connectivity index is 2.08. The minimum Gasteiger partial charge on any atom is -0.384 e. The maximum absolute atomic E-state index is 10.6. The SMILES string of the molecule is CCC(NCC(C)(O)c1cnn(C)c1)c1ccc(Cl)c(Cl)c1. The molecule has 0 saturated carbocycles. The smallest absolute Gasteiger partial charge is 0.102 e. The fraction of sp³-hybridized carbons (Fsp3) is 0.438. The fourth-order valence-corrected chi connectivity index (χ4v) is 2.66. The second kappa shape index (κ2) is 7.01. The number of aryl methyl sites for hydroxylation is 1. The monoisotopic (exact) mass is 341 g/mol. The van der Waals surface area contributed by atoms with Gasteiger partial charge in [0.05, 0.1) is 16.2 Å². The summed E-state index contributed by atoms with van der Waals surface area (Å²) in [4.78, 5) is 0. The van der Waals surface area contributed by atoms with E-state index in [0.717, 1.165) is 17.5 Å². The normalized spacial score (nSPS) is 15.5. The molecule has 0 fully saturated rings. The Hall–Kier alpha value is -1.07. The molecule has 2 rings (SSSR count). The number of aliphatic hydroxyl groups is 1. The van der Waals surface area contributed by atoms with E-state index in [1.807, 2.05) is 25.4 Å². The van der Waals surface area contributed by atoms with Gasteiger partial charge < -0.3 is 10.4 Å². The van der Waals surface area contributed by atoms with Crippen molar-refractivity contribution in [3.8, 4) is 0 Å². The van der Waals surface area contributed by atoms with Gasteiger partial charge in [-0.15, -0.1) is 0 Å². The van der Waals surface area contributed by atoms with Crippen molar-refractivity contribution in [3.63, 3.8) is 0 Å². The maximum Gasteiger partial charge on any atom is 0.102 e. The zero-order valence-electron chi connectivity index (χ0n) is 13.0. The van der Waals surface area contributed by atoms with Gasteiger partial charge in [0.25, 0.3) is 0 Å². The average molecular weight is 342 g/mol. The fourth-order valence-electron chi connectivity index (χ4n) is 2.35. The van der Waals surface area contributed by atoms with Gasteiger partial charge in [-0.3, -0.25) is 4.68 Å². The summed E-state index contributed by atoms with van der Waals surface area (Å²) >= 11 is 12.0. The Morgan fingerprint density at radius 2 is 2.09 bits per heavy atom. The van der Waals surface area contributed by atoms with E-state index >= 15 is 0 Å². The molecular weight excluding hydrogens is 321 g/mol. The molecule has 1 aromatic heterocycles. The van der Waals surface area contributed by atoms with E-state index in [-0.39, 0.29) is 6.04 Å². The quantitative estimate of drug-likeness (QED) is 0.842. The molecule has 120 valence electrons. The number of halogens is 2. The second-order valence-corrected chi connectivity index (χ2v) is 6.51. The van der Waals surface area contributed by atoms with Gasteiger partial charge in [0.1, 0.15) is 5.60 Å². The van der Waals surface area contributed by atoms with Crippen LogP contribution in [0.15, 0.2) is 30.6 Å². The standard InChI is InChI=1S/C16H21Cl2N3O/c1-4-15(11-5-6-13(17)14(18)7-11)19-10-16(2,22)12-8-20-21(3)9-12/h5-9,15,19,22H,4,10H2,1-3H3. The van der Waals surface area contributed by atoms with Crippen LogP contribution in [0.1, 0.15) is 37.4 Å². The van der Waals surface area contributed by atoms with E-state index in [9.17, 15) is 5.11 Å². The Morgan fingerprint density at radius 1 is 1.36 bits per heavy atom. The second-order valence-electron chi connectivity index (χ2n) is 5.69. The summed E-state index contributed by atoms with van der Waals surface area (Å²) in [6, 6.07) is 5.71. The molecule has 2 unspecified atom stereocenters. The molecule has 0 amide bonds. The largest absolute Gasteiger partial charge is 0.384 e. The van der Waals surface area contributed by atoms with E-state index in [0.29, 0.717) is 16.6 Å². The molecule has 0 radical (unpaired) electrons. The van der Waals surface area contributed by atoms with Gasteiger partial charge in [0, 0.05) is 31.4 Å². The molecular formula is C16H21Cl2N3O. The molecule has 0 saturated heterocycles. The van der Waals surface area contributed by atoms with Crippen molar-refractivity contribution in [1.29, 1.82) is 0 Å². The highest BCUT2D eigenvalue weighted by molar-refractivity contribution is 6.42. The van der Waals surface area contributed by atoms with Crippen LogP contribution >= 0.6 is 23.2 Å². The molecule has 0 aliphatic heterocycles. The van der Waals surface area contributed by atoms with Gasteiger partial charge in [0.2, 0.25) is 0 Å². The highest BCUT2D eigenvalue weighted by atomic mass is 35.5. The third kappa shape index (κ3) is 4.02. The third-order valence-corrected chi connectivity index (χ3v) is 4.51. The van der Waals surface area contributed by atoms with E-state index in [1.165, 1.54) is 0 Å². The van der Waals surface area contributed by atoms with Crippen LogP contribution in [-0.2, 0) is 12.6 Å². The Morgan fingerprint density at radius 3 is 2.64 bits per heavy atom. The minimum atomic E-state index is -0.988. The molecule has 0 bridgehead atoms. The number of rotatable bonds is 6. The molecule has 2 N–H and O–H groups in total. The first-order chi connectivity index (χ1) is 10.3. The topological polar surface area (TPSA) is 50.1 Å². The third-order valence-electron chi connectivity index (χ3n) is 3.77. The zero-order valence-corrected chi connectivity index (χ0v) is 14.5. The van der Waals surface area contributed by atoms with Gasteiger partial charge in [0.15, 0.2) is 0 Å². The van der Waals surface area contributed by atoms with Crippen molar-refractivity contribution in [2.75, 3.05) is 6.54 Å². The van der Waals surface area contributed by atoms with Crippen molar-refractivity contribution in [2.45, 2.75) is 31.9 Å². The van der Waals surface area contributed by atoms with Crippen LogP contribution in [-0.4, -0.2) is 21.4 Å². The molecule has 4 nitrogen and oxygen atoms in total. The number of nitrogens with one attached hydrogen (secondary N) is 1. The van der Waals surface area contributed by atoms with Crippen LogP contribution in [0.25, 0.3) is 0 Å². The Kier molecular flexibility index (Phi) is 5.50. The van der Waals surface area contributed by atoms with Crippen LogP contribution in [0, 0.1) is 0 Å². The number of hydrogen-bond donors (Lipinski definition) is 2. The van der Waals surface area contributed by atoms with Crippen LogP contribution in [0.3, 0.4) is 0 Å². The molecule has 0 aliphatic rings. The van der Waals surface area contributed by atoms with Crippen molar-refractivity contribution in [3.05, 3.63) is 51.8 Å². The highest BCUT2D eigenvalue weighted by Crippen LogP contribution is 2.28. The molecule has 22 heavy (non-hydrogen) atoms. The van der Waals surface area contributed by atoms with Crippen LogP contribution in [0.4, 0.5) is 0 Å². The molecule has 1 heterocycles. The molecule has 2 aromatic rings. The summed E-state index contributed by atoms with van der Waals surface area (Å²) in [6.07, 6.45) is 4.38. The van der Waals surface area contributed by atoms with E-state index in [2.05, 4.69) is 17.3 Å². The van der Waals surface area contributed by atoms with Crippen molar-refractivity contribution in [1.82, 2.24) is 15.1 Å². The summed E-state index contributed by atoms with van der Waals surface area (Å²) in [6.45, 7) is 4.27. The first kappa shape index (κ1) is 17.3. The average Bonchev–Trinajstić information content (AvgIpc) is 2.90. The lowest BCUT2D eigenvalue weighted by atomic mass is 9.97. The van der Waals surface area contributed by atoms with Crippen molar-refractivity contribution in [2.24, 2.45) is 7.05 Å². The van der Waals surface area contributed by atoms with E-state index < -0.39 is 5.60 Å². The van der Waals surface area contributed by atoms with Crippen molar-refractivity contribution < 1.29 is 5.11 Å². The number of hydrogen-bond acceptors (Lipinski definition) is 3. The van der Waals surface area contributed by atoms with Crippen LogP contribution in [0.5, 0.6) is 0 Å². The van der Waals surface area contributed by atoms with Crippen molar-refractivity contribution >= 4 is 23.2 Å². The lowest BCUT2D eigenvalue weighted by molar-refractivity contribution is 0.0535. The molecule has 2 atom stereocenters. The zero-order chi connectivity index (χ0) is 16.3. The van der Waals surface area contributed by atoms with E-state index in [4.69, 9.17) is 23.2 Å². The Labute approximate surface area is 141 Å². The van der Waals surface area contributed by atoms with Gasteiger partial charge in [-0.25, -0.2) is 0 Å². The number of aromatic nitrogens is 2. The number of benzene rings is 1. The summed E-state index contributed by atoms with van der Waals surface area (Å²) in [7, 11) is 1.83. The summed E-state index contributed by atoms with van der Waals surface area (Å²) in [5, 5.41) is 19.2. The lowest BCUT2D eigenvalue weighted by Crippen LogP contribution is -2.37. The summed E-state index contributed by atoms with van der Waals surface area (Å²) in [5.74, 6) is 0. The molecule has 0 aliphatic carbocycles. The summed E-state index contributed by atoms with van der Waals surface area (Å²) < 4.78 is 1.68. The number of nitrogens with zero attached hydrogens (tertiary/aromatic N) is 2. The van der Waals surface area contributed by atoms with Crippen LogP contribution < -0.4 is 5.32 Å². The predicted octanol–water partition coefficient (Wildman–Crippen LogP) is 3.68. The highest BCUT2D eigenvalue weighted by Gasteiger charge is 2.25.